The number of benzene rings is 1. The molecule has 0 fully saturated rings. The van der Waals surface area contributed by atoms with Crippen molar-refractivity contribution in [2.24, 2.45) is 0 Å². The number of hydrogen-bond acceptors (Lipinski definition) is 2. The zero-order valence-electron chi connectivity index (χ0n) is 9.18. The van der Waals surface area contributed by atoms with E-state index in [0.717, 1.165) is 6.07 Å². The highest BCUT2D eigenvalue weighted by molar-refractivity contribution is 7.99. The highest BCUT2D eigenvalue weighted by atomic mass is 35.5. The van der Waals surface area contributed by atoms with Crippen LogP contribution in [0.15, 0.2) is 23.1 Å². The van der Waals surface area contributed by atoms with Gasteiger partial charge in [0.2, 0.25) is 0 Å². The maximum atomic E-state index is 12.6. The second-order valence-corrected chi connectivity index (χ2v) is 4.76. The minimum Gasteiger partial charge on any atom is -0.381 e. The van der Waals surface area contributed by atoms with Gasteiger partial charge < -0.3 is 4.74 Å². The smallest absolute Gasteiger partial charge is 0.381 e. The predicted octanol–water partition coefficient (Wildman–Crippen LogP) is 4.49. The zero-order chi connectivity index (χ0) is 12.9. The summed E-state index contributed by atoms with van der Waals surface area (Å²) in [6, 6.07) is 3.92. The van der Waals surface area contributed by atoms with Crippen LogP contribution in [-0.2, 0) is 10.9 Å². The molecule has 0 saturated carbocycles. The lowest BCUT2D eigenvalue weighted by Crippen LogP contribution is -2.06. The molecule has 0 aromatic heterocycles. The van der Waals surface area contributed by atoms with Gasteiger partial charge in [-0.1, -0.05) is 11.6 Å². The van der Waals surface area contributed by atoms with E-state index in [1.165, 1.54) is 17.8 Å². The van der Waals surface area contributed by atoms with Crippen molar-refractivity contribution in [3.8, 4) is 0 Å². The van der Waals surface area contributed by atoms with Gasteiger partial charge in [0.25, 0.3) is 0 Å². The fraction of sp³-hybridized carbons (Fsp3) is 0.455. The Morgan fingerprint density at radius 3 is 2.65 bits per heavy atom. The fourth-order valence-electron chi connectivity index (χ4n) is 1.17. The maximum absolute atomic E-state index is 12.6. The molecule has 0 N–H and O–H groups in total. The Labute approximate surface area is 107 Å². The summed E-state index contributed by atoms with van der Waals surface area (Å²) in [5, 5.41) is -0.272. The highest BCUT2D eigenvalue weighted by Crippen LogP contribution is 2.36. The molecule has 0 aliphatic rings. The molecule has 0 aliphatic heterocycles. The molecular weight excluding hydrogens is 273 g/mol. The first-order chi connectivity index (χ1) is 7.95. The number of alkyl halides is 3. The largest absolute Gasteiger partial charge is 0.417 e. The van der Waals surface area contributed by atoms with Gasteiger partial charge >= 0.3 is 6.18 Å². The number of thioether (sulfide) groups is 1. The number of halogens is 4. The first-order valence-corrected chi connectivity index (χ1v) is 6.38. The molecule has 0 spiro atoms. The molecule has 1 aromatic rings. The van der Waals surface area contributed by atoms with E-state index in [1.54, 1.807) is 6.07 Å². The van der Waals surface area contributed by atoms with Crippen molar-refractivity contribution >= 4 is 23.4 Å². The van der Waals surface area contributed by atoms with Crippen molar-refractivity contribution in [3.63, 3.8) is 0 Å². The number of hydrogen-bond donors (Lipinski definition) is 0. The Hall–Kier alpha value is -0.390. The summed E-state index contributed by atoms with van der Waals surface area (Å²) in [5.41, 5.74) is -0.791. The standard InChI is InChI=1S/C11H12ClF3OS/c1-2-16-5-6-17-8-3-4-10(12)9(7-8)11(13,14)15/h3-4,7H,2,5-6H2,1H3. The molecule has 0 unspecified atom stereocenters. The average molecular weight is 285 g/mol. The fourth-order valence-corrected chi connectivity index (χ4v) is 2.20. The Bertz CT molecular complexity index is 368. The summed E-state index contributed by atoms with van der Waals surface area (Å²) in [5.74, 6) is 0.618. The van der Waals surface area contributed by atoms with Gasteiger partial charge in [0.05, 0.1) is 17.2 Å². The lowest BCUT2D eigenvalue weighted by Gasteiger charge is -2.10. The van der Waals surface area contributed by atoms with E-state index in [2.05, 4.69) is 0 Å². The van der Waals surface area contributed by atoms with Crippen LogP contribution in [0.5, 0.6) is 0 Å². The third-order valence-corrected chi connectivity index (χ3v) is 3.23. The summed E-state index contributed by atoms with van der Waals surface area (Å²) >= 11 is 6.83. The summed E-state index contributed by atoms with van der Waals surface area (Å²) < 4.78 is 42.8. The van der Waals surface area contributed by atoms with Gasteiger partial charge in [-0.2, -0.15) is 13.2 Å². The number of ether oxygens (including phenoxy) is 1. The minimum atomic E-state index is -4.41. The van der Waals surface area contributed by atoms with Crippen LogP contribution in [0, 0.1) is 0 Å². The van der Waals surface area contributed by atoms with E-state index in [1.807, 2.05) is 6.92 Å². The molecule has 0 aliphatic carbocycles. The van der Waals surface area contributed by atoms with E-state index < -0.39 is 11.7 Å². The second kappa shape index (κ2) is 6.52. The molecular formula is C11H12ClF3OS. The van der Waals surface area contributed by atoms with Crippen LogP contribution in [0.1, 0.15) is 12.5 Å². The molecule has 0 heterocycles. The minimum absolute atomic E-state index is 0.272. The molecule has 0 saturated heterocycles. The van der Waals surface area contributed by atoms with Crippen LogP contribution in [0.2, 0.25) is 5.02 Å². The van der Waals surface area contributed by atoms with Crippen molar-refractivity contribution in [1.82, 2.24) is 0 Å². The molecule has 0 radical (unpaired) electrons. The van der Waals surface area contributed by atoms with E-state index in [9.17, 15) is 13.2 Å². The normalized spacial score (nSPS) is 11.8. The summed E-state index contributed by atoms with van der Waals surface area (Å²) in [6.07, 6.45) is -4.41. The Morgan fingerprint density at radius 1 is 1.35 bits per heavy atom. The predicted molar refractivity (Wildman–Crippen MR) is 63.7 cm³/mol. The van der Waals surface area contributed by atoms with E-state index in [-0.39, 0.29) is 5.02 Å². The summed E-state index contributed by atoms with van der Waals surface area (Å²) in [4.78, 5) is 0.543. The molecule has 17 heavy (non-hydrogen) atoms. The lowest BCUT2D eigenvalue weighted by atomic mass is 10.2. The number of rotatable bonds is 5. The third kappa shape index (κ3) is 4.77. The summed E-state index contributed by atoms with van der Waals surface area (Å²) in [7, 11) is 0. The topological polar surface area (TPSA) is 9.23 Å². The molecule has 0 atom stereocenters. The van der Waals surface area contributed by atoms with Gasteiger partial charge in [0.15, 0.2) is 0 Å². The molecule has 1 nitrogen and oxygen atoms in total. The summed E-state index contributed by atoms with van der Waals surface area (Å²) in [6.45, 7) is 2.99. The first kappa shape index (κ1) is 14.7. The van der Waals surface area contributed by atoms with Gasteiger partial charge in [-0.25, -0.2) is 0 Å². The molecule has 0 amide bonds. The van der Waals surface area contributed by atoms with Crippen LogP contribution in [-0.4, -0.2) is 19.0 Å². The molecule has 6 heteroatoms. The molecule has 1 aromatic carbocycles. The van der Waals surface area contributed by atoms with Gasteiger partial charge in [-0.3, -0.25) is 0 Å². The highest BCUT2D eigenvalue weighted by Gasteiger charge is 2.33. The van der Waals surface area contributed by atoms with Gasteiger partial charge in [0, 0.05) is 17.3 Å². The van der Waals surface area contributed by atoms with E-state index in [0.29, 0.717) is 23.9 Å². The lowest BCUT2D eigenvalue weighted by molar-refractivity contribution is -0.137. The Kier molecular flexibility index (Phi) is 5.62. The van der Waals surface area contributed by atoms with Crippen molar-refractivity contribution in [2.45, 2.75) is 18.0 Å². The van der Waals surface area contributed by atoms with Gasteiger partial charge in [-0.15, -0.1) is 11.8 Å². The van der Waals surface area contributed by atoms with E-state index in [4.69, 9.17) is 16.3 Å². The van der Waals surface area contributed by atoms with Gasteiger partial charge in [0.1, 0.15) is 0 Å². The van der Waals surface area contributed by atoms with Crippen molar-refractivity contribution in [1.29, 1.82) is 0 Å². The third-order valence-electron chi connectivity index (χ3n) is 1.94. The first-order valence-electron chi connectivity index (χ1n) is 5.02. The Morgan fingerprint density at radius 2 is 2.06 bits per heavy atom. The molecule has 96 valence electrons. The SMILES string of the molecule is CCOCCSc1ccc(Cl)c(C(F)(F)F)c1. The monoisotopic (exact) mass is 284 g/mol. The maximum Gasteiger partial charge on any atom is 0.417 e. The van der Waals surface area contributed by atoms with Crippen LogP contribution in [0.3, 0.4) is 0 Å². The van der Waals surface area contributed by atoms with Crippen molar-refractivity contribution < 1.29 is 17.9 Å². The van der Waals surface area contributed by atoms with Crippen LogP contribution < -0.4 is 0 Å². The van der Waals surface area contributed by atoms with Crippen molar-refractivity contribution in [3.05, 3.63) is 28.8 Å². The zero-order valence-corrected chi connectivity index (χ0v) is 10.8. The van der Waals surface area contributed by atoms with Crippen LogP contribution in [0.4, 0.5) is 13.2 Å². The van der Waals surface area contributed by atoms with Crippen molar-refractivity contribution in [2.75, 3.05) is 19.0 Å². The second-order valence-electron chi connectivity index (χ2n) is 3.18. The van der Waals surface area contributed by atoms with Crippen LogP contribution >= 0.6 is 23.4 Å². The van der Waals surface area contributed by atoms with Gasteiger partial charge in [-0.05, 0) is 25.1 Å². The molecule has 0 bridgehead atoms. The quantitative estimate of drug-likeness (QED) is 0.582. The Balaban J connectivity index is 2.69. The molecule has 1 rings (SSSR count). The average Bonchev–Trinajstić information content (AvgIpc) is 2.25. The van der Waals surface area contributed by atoms with Crippen LogP contribution in [0.25, 0.3) is 0 Å². The van der Waals surface area contributed by atoms with E-state index >= 15 is 0 Å².